The number of benzene rings is 1. The van der Waals surface area contributed by atoms with Crippen LogP contribution in [0.5, 0.6) is 0 Å². The van der Waals surface area contributed by atoms with Gasteiger partial charge in [-0.2, -0.15) is 5.10 Å². The lowest BCUT2D eigenvalue weighted by molar-refractivity contribution is 0.427. The Bertz CT molecular complexity index is 999. The van der Waals surface area contributed by atoms with Gasteiger partial charge < -0.3 is 10.3 Å². The highest BCUT2D eigenvalue weighted by Gasteiger charge is 2.34. The molecule has 0 spiro atoms. The predicted octanol–water partition coefficient (Wildman–Crippen LogP) is 3.00. The van der Waals surface area contributed by atoms with Crippen LogP contribution in [-0.4, -0.2) is 19.7 Å². The molecule has 26 heavy (non-hydrogen) atoms. The molecule has 0 unspecified atom stereocenters. The first kappa shape index (κ1) is 17.0. The lowest BCUT2D eigenvalue weighted by atomic mass is 10.0. The van der Waals surface area contributed by atoms with Crippen molar-refractivity contribution in [3.8, 4) is 0 Å². The number of rotatable bonds is 6. The van der Waals surface area contributed by atoms with E-state index in [9.17, 15) is 4.79 Å². The van der Waals surface area contributed by atoms with Crippen molar-refractivity contribution in [2.45, 2.75) is 52.7 Å². The largest absolute Gasteiger partial charge is 0.357 e. The summed E-state index contributed by atoms with van der Waals surface area (Å²) in [5.74, 6) is 1.59. The molecule has 4 rings (SSSR count). The Kier molecular flexibility index (Phi) is 4.36. The molecule has 0 bridgehead atoms. The van der Waals surface area contributed by atoms with Gasteiger partial charge in [0.15, 0.2) is 5.43 Å². The molecule has 2 heterocycles. The van der Waals surface area contributed by atoms with Gasteiger partial charge in [-0.3, -0.25) is 4.79 Å². The molecule has 0 amide bonds. The van der Waals surface area contributed by atoms with Crippen LogP contribution in [0.1, 0.15) is 48.5 Å². The smallest absolute Gasteiger partial charge is 0.189 e. The number of H-pyrrole nitrogens is 1. The summed E-state index contributed by atoms with van der Waals surface area (Å²) in [6, 6.07) is 5.96. The fraction of sp³-hybridized carbons (Fsp3) is 0.450. The molecule has 6 heteroatoms. The number of aromatic amines is 1. The van der Waals surface area contributed by atoms with Crippen LogP contribution in [0.3, 0.4) is 0 Å². The second-order valence-electron chi connectivity index (χ2n) is 7.24. The topological polar surface area (TPSA) is 75.6 Å². The van der Waals surface area contributed by atoms with Gasteiger partial charge in [-0.25, -0.2) is 9.67 Å². The number of nitrogens with one attached hydrogen (secondary N) is 2. The molecule has 0 radical (unpaired) electrons. The first-order valence-corrected chi connectivity index (χ1v) is 9.31. The van der Waals surface area contributed by atoms with Crippen molar-refractivity contribution in [3.63, 3.8) is 0 Å². The van der Waals surface area contributed by atoms with Crippen molar-refractivity contribution in [2.24, 2.45) is 5.92 Å². The van der Waals surface area contributed by atoms with Crippen LogP contribution < -0.4 is 10.7 Å². The number of pyridine rings is 1. The van der Waals surface area contributed by atoms with Crippen molar-refractivity contribution in [3.05, 3.63) is 57.4 Å². The molecular weight excluding hydrogens is 326 g/mol. The standard InChI is InChI=1S/C20H25N5O/c1-4-25-20(22-11-23-25)19(14-7-8-14)21-10-15-9-16(26)17-12(2)5-6-13(3)18(17)24-15/h5-6,9,11,14,19,21H,4,7-8,10H2,1-3H3,(H,24,26)/t19-/m1/s1. The summed E-state index contributed by atoms with van der Waals surface area (Å²) in [6.07, 6.45) is 4.04. The summed E-state index contributed by atoms with van der Waals surface area (Å²) in [5, 5.41) is 8.70. The van der Waals surface area contributed by atoms with Crippen molar-refractivity contribution in [1.82, 2.24) is 25.1 Å². The normalized spacial score (nSPS) is 15.5. The molecule has 2 N–H and O–H groups in total. The van der Waals surface area contributed by atoms with Crippen molar-refractivity contribution >= 4 is 10.9 Å². The van der Waals surface area contributed by atoms with Crippen molar-refractivity contribution in [2.75, 3.05) is 0 Å². The van der Waals surface area contributed by atoms with E-state index in [4.69, 9.17) is 0 Å². The van der Waals surface area contributed by atoms with Crippen LogP contribution in [0, 0.1) is 19.8 Å². The second kappa shape index (κ2) is 6.68. The predicted molar refractivity (Wildman–Crippen MR) is 102 cm³/mol. The van der Waals surface area contributed by atoms with Crippen molar-refractivity contribution < 1.29 is 0 Å². The third kappa shape index (κ3) is 3.05. The quantitative estimate of drug-likeness (QED) is 0.716. The highest BCUT2D eigenvalue weighted by Crippen LogP contribution is 2.40. The Morgan fingerprint density at radius 3 is 2.81 bits per heavy atom. The first-order chi connectivity index (χ1) is 12.6. The van der Waals surface area contributed by atoms with E-state index in [0.717, 1.165) is 40.1 Å². The molecule has 1 saturated carbocycles. The lowest BCUT2D eigenvalue weighted by Crippen LogP contribution is -2.27. The zero-order valence-electron chi connectivity index (χ0n) is 15.5. The fourth-order valence-electron chi connectivity index (χ4n) is 3.69. The van der Waals surface area contributed by atoms with E-state index in [1.807, 2.05) is 24.6 Å². The average Bonchev–Trinajstić information content (AvgIpc) is 3.35. The van der Waals surface area contributed by atoms with E-state index in [1.54, 1.807) is 12.4 Å². The van der Waals surface area contributed by atoms with Crippen LogP contribution >= 0.6 is 0 Å². The monoisotopic (exact) mass is 351 g/mol. The molecular formula is C20H25N5O. The van der Waals surface area contributed by atoms with Gasteiger partial charge in [-0.05, 0) is 50.7 Å². The lowest BCUT2D eigenvalue weighted by Gasteiger charge is -2.18. The third-order valence-corrected chi connectivity index (χ3v) is 5.29. The van der Waals surface area contributed by atoms with Gasteiger partial charge in [0.25, 0.3) is 0 Å². The van der Waals surface area contributed by atoms with Crippen molar-refractivity contribution in [1.29, 1.82) is 0 Å². The Balaban J connectivity index is 1.63. The summed E-state index contributed by atoms with van der Waals surface area (Å²) in [6.45, 7) is 7.51. The SMILES string of the molecule is CCn1ncnc1[C@H](NCc1cc(=O)c2c(C)ccc(C)c2[nH]1)C1CC1. The summed E-state index contributed by atoms with van der Waals surface area (Å²) < 4.78 is 1.95. The van der Waals surface area contributed by atoms with Crippen LogP contribution in [0.15, 0.2) is 29.3 Å². The Labute approximate surface area is 152 Å². The van der Waals surface area contributed by atoms with E-state index in [0.29, 0.717) is 12.5 Å². The average molecular weight is 351 g/mol. The second-order valence-corrected chi connectivity index (χ2v) is 7.24. The van der Waals surface area contributed by atoms with E-state index >= 15 is 0 Å². The zero-order chi connectivity index (χ0) is 18.3. The number of nitrogens with zero attached hydrogens (tertiary/aromatic N) is 3. The van der Waals surface area contributed by atoms with E-state index in [-0.39, 0.29) is 11.5 Å². The minimum atomic E-state index is 0.0800. The molecule has 1 aliphatic rings. The van der Waals surface area contributed by atoms with Crippen LogP contribution in [0.2, 0.25) is 0 Å². The number of aromatic nitrogens is 4. The van der Waals surface area contributed by atoms with Gasteiger partial charge in [0, 0.05) is 30.2 Å². The summed E-state index contributed by atoms with van der Waals surface area (Å²) in [7, 11) is 0. The van der Waals surface area contributed by atoms with Crippen LogP contribution in [0.25, 0.3) is 10.9 Å². The van der Waals surface area contributed by atoms with E-state index in [1.165, 1.54) is 12.8 Å². The molecule has 136 valence electrons. The van der Waals surface area contributed by atoms with Gasteiger partial charge in [-0.15, -0.1) is 0 Å². The first-order valence-electron chi connectivity index (χ1n) is 9.31. The molecule has 3 aromatic rings. The number of fused-ring (bicyclic) bond motifs is 1. The maximum atomic E-state index is 12.6. The number of aryl methyl sites for hydroxylation is 3. The Morgan fingerprint density at radius 2 is 2.08 bits per heavy atom. The molecule has 2 aromatic heterocycles. The van der Waals surface area contributed by atoms with Gasteiger partial charge in [0.1, 0.15) is 12.2 Å². The van der Waals surface area contributed by atoms with Gasteiger partial charge in [0.2, 0.25) is 0 Å². The molecule has 1 atom stereocenters. The summed E-state index contributed by atoms with van der Waals surface area (Å²) in [4.78, 5) is 20.5. The Hall–Kier alpha value is -2.47. The van der Waals surface area contributed by atoms with E-state index in [2.05, 4.69) is 33.4 Å². The molecule has 1 aromatic carbocycles. The summed E-state index contributed by atoms with van der Waals surface area (Å²) >= 11 is 0. The number of hydrogen-bond donors (Lipinski definition) is 2. The minimum Gasteiger partial charge on any atom is -0.357 e. The summed E-state index contributed by atoms with van der Waals surface area (Å²) in [5.41, 5.74) is 4.03. The Morgan fingerprint density at radius 1 is 1.31 bits per heavy atom. The molecule has 0 aliphatic heterocycles. The third-order valence-electron chi connectivity index (χ3n) is 5.29. The maximum Gasteiger partial charge on any atom is 0.189 e. The zero-order valence-corrected chi connectivity index (χ0v) is 15.5. The molecule has 1 aliphatic carbocycles. The van der Waals surface area contributed by atoms with E-state index < -0.39 is 0 Å². The number of hydrogen-bond acceptors (Lipinski definition) is 4. The highest BCUT2D eigenvalue weighted by atomic mass is 16.1. The van der Waals surface area contributed by atoms with Gasteiger partial charge in [0.05, 0.1) is 11.6 Å². The highest BCUT2D eigenvalue weighted by molar-refractivity contribution is 5.84. The molecule has 0 saturated heterocycles. The maximum absolute atomic E-state index is 12.6. The minimum absolute atomic E-state index is 0.0800. The molecule has 1 fully saturated rings. The van der Waals surface area contributed by atoms with Crippen LogP contribution in [0.4, 0.5) is 0 Å². The van der Waals surface area contributed by atoms with Gasteiger partial charge >= 0.3 is 0 Å². The van der Waals surface area contributed by atoms with Crippen LogP contribution in [-0.2, 0) is 13.1 Å². The molecule has 6 nitrogen and oxygen atoms in total. The van der Waals surface area contributed by atoms with Gasteiger partial charge in [-0.1, -0.05) is 12.1 Å². The fourth-order valence-corrected chi connectivity index (χ4v) is 3.69.